The molecule has 0 aliphatic carbocycles. The van der Waals surface area contributed by atoms with Crippen molar-refractivity contribution in [2.75, 3.05) is 0 Å². The topological polar surface area (TPSA) is 36.7 Å². The Morgan fingerprint density at radius 2 is 2.15 bits per heavy atom. The van der Waals surface area contributed by atoms with E-state index >= 15 is 0 Å². The summed E-state index contributed by atoms with van der Waals surface area (Å²) in [6.45, 7) is 2.10. The number of aromatic nitrogens is 1. The third-order valence-electron chi connectivity index (χ3n) is 3.50. The summed E-state index contributed by atoms with van der Waals surface area (Å²) >= 11 is 6.09. The summed E-state index contributed by atoms with van der Waals surface area (Å²) in [6.07, 6.45) is 5.98. The van der Waals surface area contributed by atoms with Crippen LogP contribution in [-0.2, 0) is 11.8 Å². The lowest BCUT2D eigenvalue weighted by molar-refractivity contribution is 0.492. The van der Waals surface area contributed by atoms with Gasteiger partial charge in [0.25, 0.3) is 0 Å². The van der Waals surface area contributed by atoms with Crippen LogP contribution in [0, 0.1) is 11.3 Å². The maximum Gasteiger partial charge on any atom is 0.0863 e. The molecule has 1 aromatic carbocycles. The Hall–Kier alpha value is -1.85. The molecule has 1 unspecified atom stereocenters. The zero-order valence-electron chi connectivity index (χ0n) is 11.5. The number of hydrogen-bond acceptors (Lipinski definition) is 2. The van der Waals surface area contributed by atoms with Gasteiger partial charge in [-0.25, -0.2) is 0 Å². The zero-order valence-corrected chi connectivity index (χ0v) is 12.3. The maximum atomic E-state index is 9.80. The fraction of sp³-hybridized carbons (Fsp3) is 0.294. The van der Waals surface area contributed by atoms with Crippen molar-refractivity contribution >= 4 is 11.6 Å². The first-order chi connectivity index (χ1) is 9.70. The third-order valence-corrected chi connectivity index (χ3v) is 3.73. The van der Waals surface area contributed by atoms with Gasteiger partial charge in [-0.1, -0.05) is 43.1 Å². The highest BCUT2D eigenvalue weighted by Crippen LogP contribution is 2.34. The number of benzene rings is 1. The van der Waals surface area contributed by atoms with Gasteiger partial charge in [0.1, 0.15) is 0 Å². The van der Waals surface area contributed by atoms with E-state index in [2.05, 4.69) is 18.0 Å². The second-order valence-electron chi connectivity index (χ2n) is 4.99. The van der Waals surface area contributed by atoms with E-state index in [4.69, 9.17) is 11.6 Å². The number of rotatable bonds is 5. The van der Waals surface area contributed by atoms with Crippen molar-refractivity contribution in [2.45, 2.75) is 31.6 Å². The van der Waals surface area contributed by atoms with Crippen LogP contribution in [0.1, 0.15) is 30.9 Å². The van der Waals surface area contributed by atoms with Crippen LogP contribution in [0.15, 0.2) is 48.8 Å². The first-order valence-corrected chi connectivity index (χ1v) is 7.14. The second-order valence-corrected chi connectivity index (χ2v) is 5.43. The molecule has 0 bridgehead atoms. The minimum atomic E-state index is -0.539. The van der Waals surface area contributed by atoms with Gasteiger partial charge in [-0.2, -0.15) is 5.26 Å². The largest absolute Gasteiger partial charge is 0.264 e. The van der Waals surface area contributed by atoms with Gasteiger partial charge in [0.05, 0.1) is 11.5 Å². The lowest BCUT2D eigenvalue weighted by Gasteiger charge is -2.27. The summed E-state index contributed by atoms with van der Waals surface area (Å²) < 4.78 is 0. The lowest BCUT2D eigenvalue weighted by Crippen LogP contribution is -2.27. The number of nitrogens with zero attached hydrogens (tertiary/aromatic N) is 2. The molecule has 0 amide bonds. The van der Waals surface area contributed by atoms with Crippen molar-refractivity contribution in [3.8, 4) is 6.07 Å². The maximum absolute atomic E-state index is 9.80. The van der Waals surface area contributed by atoms with Crippen LogP contribution in [0.25, 0.3) is 0 Å². The summed E-state index contributed by atoms with van der Waals surface area (Å²) in [7, 11) is 0. The van der Waals surface area contributed by atoms with E-state index in [-0.39, 0.29) is 0 Å². The number of hydrogen-bond donors (Lipinski definition) is 0. The van der Waals surface area contributed by atoms with Gasteiger partial charge in [0, 0.05) is 17.4 Å². The second kappa shape index (κ2) is 6.54. The molecule has 2 rings (SSSR count). The van der Waals surface area contributed by atoms with E-state index in [0.29, 0.717) is 11.4 Å². The highest BCUT2D eigenvalue weighted by Gasteiger charge is 2.32. The molecule has 1 atom stereocenters. The fourth-order valence-corrected chi connectivity index (χ4v) is 2.75. The van der Waals surface area contributed by atoms with Crippen molar-refractivity contribution < 1.29 is 0 Å². The monoisotopic (exact) mass is 284 g/mol. The van der Waals surface area contributed by atoms with E-state index in [1.165, 1.54) is 0 Å². The summed E-state index contributed by atoms with van der Waals surface area (Å²) in [5, 5.41) is 10.5. The first-order valence-electron chi connectivity index (χ1n) is 6.76. The number of pyridine rings is 1. The summed E-state index contributed by atoms with van der Waals surface area (Å²) in [4.78, 5) is 4.14. The predicted molar refractivity (Wildman–Crippen MR) is 81.6 cm³/mol. The summed E-state index contributed by atoms with van der Waals surface area (Å²) in [5.74, 6) is 0. The molecule has 1 heterocycles. The smallest absolute Gasteiger partial charge is 0.0863 e. The molecule has 0 aliphatic rings. The van der Waals surface area contributed by atoms with Crippen LogP contribution in [0.3, 0.4) is 0 Å². The van der Waals surface area contributed by atoms with E-state index in [1.807, 2.05) is 42.6 Å². The normalized spacial score (nSPS) is 13.4. The van der Waals surface area contributed by atoms with Crippen molar-refractivity contribution in [3.63, 3.8) is 0 Å². The minimum Gasteiger partial charge on any atom is -0.264 e. The van der Waals surface area contributed by atoms with Gasteiger partial charge in [0.15, 0.2) is 0 Å². The average Bonchev–Trinajstić information content (AvgIpc) is 2.48. The van der Waals surface area contributed by atoms with Gasteiger partial charge >= 0.3 is 0 Å². The molecule has 0 aliphatic heterocycles. The highest BCUT2D eigenvalue weighted by atomic mass is 35.5. The Morgan fingerprint density at radius 1 is 1.30 bits per heavy atom. The van der Waals surface area contributed by atoms with Crippen LogP contribution in [0.5, 0.6) is 0 Å². The van der Waals surface area contributed by atoms with Crippen LogP contribution in [0.2, 0.25) is 5.02 Å². The molecule has 1 aromatic heterocycles. The predicted octanol–water partition coefficient (Wildman–Crippen LogP) is 4.54. The van der Waals surface area contributed by atoms with Crippen molar-refractivity contribution in [3.05, 3.63) is 64.9 Å². The average molecular weight is 285 g/mol. The summed E-state index contributed by atoms with van der Waals surface area (Å²) in [5.41, 5.74) is 1.52. The molecule has 0 saturated carbocycles. The van der Waals surface area contributed by atoms with Crippen molar-refractivity contribution in [1.29, 1.82) is 5.26 Å². The quantitative estimate of drug-likeness (QED) is 0.808. The molecular formula is C17H17ClN2. The molecule has 0 spiro atoms. The SMILES string of the molecule is CCCC(C#N)(Cc1cccnc1)c1cccc(Cl)c1. The van der Waals surface area contributed by atoms with E-state index in [1.54, 1.807) is 6.20 Å². The molecule has 3 heteroatoms. The molecule has 0 fully saturated rings. The molecule has 0 saturated heterocycles. The molecular weight excluding hydrogens is 268 g/mol. The van der Waals surface area contributed by atoms with E-state index in [0.717, 1.165) is 24.0 Å². The molecule has 2 aromatic rings. The van der Waals surface area contributed by atoms with Crippen molar-refractivity contribution in [1.82, 2.24) is 4.98 Å². The molecule has 0 N–H and O–H groups in total. The summed E-state index contributed by atoms with van der Waals surface area (Å²) in [6, 6.07) is 14.1. The van der Waals surface area contributed by atoms with Gasteiger partial charge in [-0.15, -0.1) is 0 Å². The molecule has 2 nitrogen and oxygen atoms in total. The van der Waals surface area contributed by atoms with Gasteiger partial charge in [-0.3, -0.25) is 4.98 Å². The lowest BCUT2D eigenvalue weighted by atomic mass is 9.74. The molecule has 0 radical (unpaired) electrons. The minimum absolute atomic E-state index is 0.539. The Bertz CT molecular complexity index is 604. The molecule has 102 valence electrons. The van der Waals surface area contributed by atoms with Gasteiger partial charge in [-0.05, 0) is 42.2 Å². The Morgan fingerprint density at radius 3 is 2.75 bits per heavy atom. The molecule has 20 heavy (non-hydrogen) atoms. The van der Waals surface area contributed by atoms with E-state index < -0.39 is 5.41 Å². The third kappa shape index (κ3) is 3.18. The zero-order chi connectivity index (χ0) is 14.4. The van der Waals surface area contributed by atoms with Crippen molar-refractivity contribution in [2.24, 2.45) is 0 Å². The Kier molecular flexibility index (Phi) is 4.76. The van der Waals surface area contributed by atoms with Crippen LogP contribution >= 0.6 is 11.6 Å². The van der Waals surface area contributed by atoms with Crippen LogP contribution < -0.4 is 0 Å². The number of halogens is 1. The first kappa shape index (κ1) is 14.6. The fourth-order valence-electron chi connectivity index (χ4n) is 2.56. The van der Waals surface area contributed by atoms with Crippen LogP contribution in [-0.4, -0.2) is 4.98 Å². The standard InChI is InChI=1S/C17H17ClN2/c1-2-8-17(13-19,11-14-5-4-9-20-12-14)15-6-3-7-16(18)10-15/h3-7,9-10,12H,2,8,11H2,1H3. The Labute approximate surface area is 125 Å². The van der Waals surface area contributed by atoms with Crippen LogP contribution in [0.4, 0.5) is 0 Å². The Balaban J connectivity index is 2.43. The van der Waals surface area contributed by atoms with E-state index in [9.17, 15) is 5.26 Å². The number of nitriles is 1. The highest BCUT2D eigenvalue weighted by molar-refractivity contribution is 6.30. The van der Waals surface area contributed by atoms with Gasteiger partial charge < -0.3 is 0 Å². The van der Waals surface area contributed by atoms with Gasteiger partial charge in [0.2, 0.25) is 0 Å².